The summed E-state index contributed by atoms with van der Waals surface area (Å²) < 4.78 is 0. The van der Waals surface area contributed by atoms with Gasteiger partial charge >= 0.3 is 0 Å². The van der Waals surface area contributed by atoms with Gasteiger partial charge in [-0.3, -0.25) is 14.6 Å². The van der Waals surface area contributed by atoms with Crippen LogP contribution in [-0.2, 0) is 11.3 Å². The predicted molar refractivity (Wildman–Crippen MR) is 112 cm³/mol. The number of carbonyl (C=O) groups excluding carboxylic acids is 2. The van der Waals surface area contributed by atoms with Crippen LogP contribution in [0.4, 0.5) is 0 Å². The van der Waals surface area contributed by atoms with Crippen LogP contribution in [0.1, 0.15) is 56.0 Å². The molecule has 154 valence electrons. The number of nitrogens with one attached hydrogen (secondary N) is 3. The van der Waals surface area contributed by atoms with Crippen molar-refractivity contribution in [1.29, 1.82) is 0 Å². The van der Waals surface area contributed by atoms with E-state index < -0.39 is 0 Å². The second-order valence-corrected chi connectivity index (χ2v) is 7.23. The normalized spacial score (nSPS) is 17.9. The Morgan fingerprint density at radius 1 is 1.32 bits per heavy atom. The van der Waals surface area contributed by atoms with Gasteiger partial charge in [-0.15, -0.1) is 0 Å². The second-order valence-electron chi connectivity index (χ2n) is 7.23. The fourth-order valence-electron chi connectivity index (χ4n) is 3.13. The molecular formula is C21H33N5O2. The maximum absolute atomic E-state index is 12.3. The Morgan fingerprint density at radius 3 is 2.79 bits per heavy atom. The number of nitrogens with zero attached hydrogens (tertiary/aromatic N) is 2. The first-order valence-electron chi connectivity index (χ1n) is 10.1. The van der Waals surface area contributed by atoms with E-state index in [9.17, 15) is 9.59 Å². The molecule has 1 aromatic carbocycles. The fourth-order valence-corrected chi connectivity index (χ4v) is 3.13. The molecule has 1 fully saturated rings. The van der Waals surface area contributed by atoms with Crippen LogP contribution in [0.3, 0.4) is 0 Å². The summed E-state index contributed by atoms with van der Waals surface area (Å²) in [4.78, 5) is 30.3. The van der Waals surface area contributed by atoms with E-state index in [4.69, 9.17) is 0 Å². The Balaban J connectivity index is 1.87. The minimum absolute atomic E-state index is 0.0506. The van der Waals surface area contributed by atoms with Crippen LogP contribution in [0.15, 0.2) is 29.3 Å². The first kappa shape index (κ1) is 21.7. The van der Waals surface area contributed by atoms with Gasteiger partial charge < -0.3 is 20.9 Å². The molecule has 28 heavy (non-hydrogen) atoms. The standard InChI is InChI=1S/C21H33N5O2/c1-5-15(3)24-20(28)17-9-7-8-16(12-17)13-23-21(22-4)25-18-10-11-26(14-18)19(27)6-2/h7-9,12,15,18H,5-6,10-11,13-14H2,1-4H3,(H,24,28)(H2,22,23,25). The lowest BCUT2D eigenvalue weighted by atomic mass is 10.1. The van der Waals surface area contributed by atoms with Crippen molar-refractivity contribution in [2.24, 2.45) is 4.99 Å². The first-order chi connectivity index (χ1) is 13.5. The van der Waals surface area contributed by atoms with Gasteiger partial charge in [-0.1, -0.05) is 26.0 Å². The molecule has 1 saturated heterocycles. The van der Waals surface area contributed by atoms with E-state index in [2.05, 4.69) is 20.9 Å². The van der Waals surface area contributed by atoms with Crippen molar-refractivity contribution < 1.29 is 9.59 Å². The van der Waals surface area contributed by atoms with Crippen LogP contribution in [0.2, 0.25) is 0 Å². The van der Waals surface area contributed by atoms with Crippen LogP contribution in [0, 0.1) is 0 Å². The molecule has 3 N–H and O–H groups in total. The monoisotopic (exact) mass is 387 g/mol. The molecule has 0 bridgehead atoms. The Kier molecular flexibility index (Phi) is 8.29. The lowest BCUT2D eigenvalue weighted by Crippen LogP contribution is -2.44. The summed E-state index contributed by atoms with van der Waals surface area (Å²) in [7, 11) is 1.73. The Morgan fingerprint density at radius 2 is 2.11 bits per heavy atom. The van der Waals surface area contributed by atoms with Crippen molar-refractivity contribution >= 4 is 17.8 Å². The summed E-state index contributed by atoms with van der Waals surface area (Å²) in [5.74, 6) is 0.843. The molecule has 1 heterocycles. The number of guanidine groups is 1. The minimum Gasteiger partial charge on any atom is -0.352 e. The van der Waals surface area contributed by atoms with E-state index in [1.807, 2.05) is 49.9 Å². The molecule has 1 aromatic rings. The summed E-state index contributed by atoms with van der Waals surface area (Å²) in [5.41, 5.74) is 1.67. The Labute approximate surface area is 168 Å². The number of hydrogen-bond donors (Lipinski definition) is 3. The van der Waals surface area contributed by atoms with Crippen LogP contribution in [0.5, 0.6) is 0 Å². The average molecular weight is 388 g/mol. The summed E-state index contributed by atoms with van der Waals surface area (Å²) in [6, 6.07) is 7.96. The number of rotatable bonds is 7. The van der Waals surface area contributed by atoms with Crippen LogP contribution >= 0.6 is 0 Å². The zero-order valence-corrected chi connectivity index (χ0v) is 17.4. The average Bonchev–Trinajstić information content (AvgIpc) is 3.19. The highest BCUT2D eigenvalue weighted by molar-refractivity contribution is 5.94. The topological polar surface area (TPSA) is 85.8 Å². The van der Waals surface area contributed by atoms with Crippen LogP contribution in [-0.4, -0.2) is 54.9 Å². The number of benzene rings is 1. The first-order valence-corrected chi connectivity index (χ1v) is 10.1. The van der Waals surface area contributed by atoms with Gasteiger partial charge in [0.2, 0.25) is 5.91 Å². The van der Waals surface area contributed by atoms with Crippen molar-refractivity contribution in [3.63, 3.8) is 0 Å². The summed E-state index contributed by atoms with van der Waals surface area (Å²) in [6.07, 6.45) is 2.36. The minimum atomic E-state index is -0.0506. The maximum atomic E-state index is 12.3. The second kappa shape index (κ2) is 10.7. The molecule has 0 aromatic heterocycles. The highest BCUT2D eigenvalue weighted by atomic mass is 16.2. The van der Waals surface area contributed by atoms with Gasteiger partial charge in [-0.25, -0.2) is 0 Å². The van der Waals surface area contributed by atoms with Gasteiger partial charge in [0.15, 0.2) is 5.96 Å². The Bertz CT molecular complexity index is 704. The van der Waals surface area contributed by atoms with Gasteiger partial charge in [0.05, 0.1) is 0 Å². The van der Waals surface area contributed by atoms with Gasteiger partial charge in [0.1, 0.15) is 0 Å². The highest BCUT2D eigenvalue weighted by Crippen LogP contribution is 2.10. The van der Waals surface area contributed by atoms with Gasteiger partial charge in [-0.2, -0.15) is 0 Å². The molecule has 7 nitrogen and oxygen atoms in total. The number of amides is 2. The molecule has 1 aliphatic heterocycles. The lowest BCUT2D eigenvalue weighted by molar-refractivity contribution is -0.129. The van der Waals surface area contributed by atoms with E-state index in [1.165, 1.54) is 0 Å². The predicted octanol–water partition coefficient (Wildman–Crippen LogP) is 1.89. The van der Waals surface area contributed by atoms with Gasteiger partial charge in [0, 0.05) is 50.7 Å². The smallest absolute Gasteiger partial charge is 0.251 e. The van der Waals surface area contributed by atoms with Crippen molar-refractivity contribution in [2.45, 2.75) is 58.7 Å². The van der Waals surface area contributed by atoms with Crippen molar-refractivity contribution in [3.05, 3.63) is 35.4 Å². The molecule has 1 aliphatic rings. The van der Waals surface area contributed by atoms with Gasteiger partial charge in [-0.05, 0) is 37.5 Å². The maximum Gasteiger partial charge on any atom is 0.251 e. The Hall–Kier alpha value is -2.57. The molecular weight excluding hydrogens is 354 g/mol. The zero-order chi connectivity index (χ0) is 20.5. The summed E-state index contributed by atoms with van der Waals surface area (Å²) >= 11 is 0. The third-order valence-corrected chi connectivity index (χ3v) is 5.05. The zero-order valence-electron chi connectivity index (χ0n) is 17.4. The van der Waals surface area contributed by atoms with Crippen LogP contribution < -0.4 is 16.0 Å². The van der Waals surface area contributed by atoms with E-state index in [0.29, 0.717) is 31.0 Å². The SMILES string of the molecule is CCC(=O)N1CCC(NC(=NC)NCc2cccc(C(=O)NC(C)CC)c2)C1. The van der Waals surface area contributed by atoms with E-state index in [0.717, 1.165) is 24.9 Å². The van der Waals surface area contributed by atoms with E-state index in [-0.39, 0.29) is 23.9 Å². The highest BCUT2D eigenvalue weighted by Gasteiger charge is 2.25. The molecule has 2 atom stereocenters. The third-order valence-electron chi connectivity index (χ3n) is 5.05. The number of aliphatic imine (C=N–C) groups is 1. The number of carbonyl (C=O) groups is 2. The molecule has 2 unspecified atom stereocenters. The summed E-state index contributed by atoms with van der Waals surface area (Å²) in [5, 5.41) is 9.66. The third kappa shape index (κ3) is 6.25. The molecule has 0 saturated carbocycles. The molecule has 0 aliphatic carbocycles. The lowest BCUT2D eigenvalue weighted by Gasteiger charge is -2.19. The van der Waals surface area contributed by atoms with Crippen molar-refractivity contribution in [2.75, 3.05) is 20.1 Å². The van der Waals surface area contributed by atoms with E-state index in [1.54, 1.807) is 7.05 Å². The number of hydrogen-bond acceptors (Lipinski definition) is 3. The molecule has 0 radical (unpaired) electrons. The molecule has 2 amide bonds. The molecule has 0 spiro atoms. The van der Waals surface area contributed by atoms with Crippen LogP contribution in [0.25, 0.3) is 0 Å². The van der Waals surface area contributed by atoms with E-state index >= 15 is 0 Å². The van der Waals surface area contributed by atoms with Crippen molar-refractivity contribution in [1.82, 2.24) is 20.9 Å². The molecule has 7 heteroatoms. The largest absolute Gasteiger partial charge is 0.352 e. The number of likely N-dealkylation sites (tertiary alicyclic amines) is 1. The van der Waals surface area contributed by atoms with Crippen molar-refractivity contribution in [3.8, 4) is 0 Å². The summed E-state index contributed by atoms with van der Waals surface area (Å²) in [6.45, 7) is 7.99. The van der Waals surface area contributed by atoms with Gasteiger partial charge in [0.25, 0.3) is 5.91 Å². The fraction of sp³-hybridized carbons (Fsp3) is 0.571. The molecule has 2 rings (SSSR count). The quantitative estimate of drug-likeness (QED) is 0.493.